The van der Waals surface area contributed by atoms with E-state index in [9.17, 15) is 14.4 Å². The smallest absolute Gasteiger partial charge is 0.252 e. The van der Waals surface area contributed by atoms with Crippen LogP contribution >= 0.6 is 0 Å². The van der Waals surface area contributed by atoms with Crippen LogP contribution in [0.5, 0.6) is 5.75 Å². The van der Waals surface area contributed by atoms with Crippen molar-refractivity contribution in [3.8, 4) is 17.6 Å². The third kappa shape index (κ3) is 5.14. The summed E-state index contributed by atoms with van der Waals surface area (Å²) >= 11 is 0. The average Bonchev–Trinajstić information content (AvgIpc) is 3.13. The number of carbonyl (C=O) groups is 3. The average molecular weight is 391 g/mol. The van der Waals surface area contributed by atoms with Crippen molar-refractivity contribution < 1.29 is 19.1 Å². The molecule has 0 radical (unpaired) electrons. The summed E-state index contributed by atoms with van der Waals surface area (Å²) in [6, 6.07) is 15.9. The molecule has 7 heteroatoms. The standard InChI is InChI=1S/C22H21N3O4/c23-21(27)18-10-4-5-11-19(18)29-13-7-6-12-24-22(28)16-14-20(26)25(15-16)17-8-2-1-3-9-17/h1-5,8-11,16H,12-15H2,(H2,23,27)(H,24,28). The van der Waals surface area contributed by atoms with Crippen molar-refractivity contribution in [3.63, 3.8) is 0 Å². The number of carbonyl (C=O) groups excluding carboxylic acids is 3. The van der Waals surface area contributed by atoms with Gasteiger partial charge in [0.25, 0.3) is 5.91 Å². The van der Waals surface area contributed by atoms with Crippen LogP contribution in [0.25, 0.3) is 0 Å². The van der Waals surface area contributed by atoms with E-state index in [0.717, 1.165) is 5.69 Å². The molecule has 1 fully saturated rings. The molecule has 148 valence electrons. The maximum Gasteiger partial charge on any atom is 0.252 e. The molecule has 1 atom stereocenters. The quantitative estimate of drug-likeness (QED) is 0.726. The molecule has 0 spiro atoms. The number of anilines is 1. The second-order valence-electron chi connectivity index (χ2n) is 6.46. The molecule has 0 aliphatic carbocycles. The maximum atomic E-state index is 12.3. The summed E-state index contributed by atoms with van der Waals surface area (Å²) in [5.41, 5.74) is 6.37. The first-order valence-corrected chi connectivity index (χ1v) is 9.16. The van der Waals surface area contributed by atoms with Gasteiger partial charge < -0.3 is 20.7 Å². The Morgan fingerprint density at radius 3 is 2.59 bits per heavy atom. The minimum Gasteiger partial charge on any atom is -0.480 e. The second kappa shape index (κ2) is 9.42. The van der Waals surface area contributed by atoms with Crippen molar-refractivity contribution in [2.45, 2.75) is 6.42 Å². The SMILES string of the molecule is NC(=O)c1ccccc1OCC#CCNC(=O)C1CC(=O)N(c2ccccc2)C1. The highest BCUT2D eigenvalue weighted by molar-refractivity contribution is 6.00. The van der Waals surface area contributed by atoms with Crippen LogP contribution < -0.4 is 20.7 Å². The first-order chi connectivity index (χ1) is 14.1. The number of amides is 3. The Kier molecular flexibility index (Phi) is 6.48. The summed E-state index contributed by atoms with van der Waals surface area (Å²) in [5, 5.41) is 2.72. The molecule has 1 unspecified atom stereocenters. The van der Waals surface area contributed by atoms with Gasteiger partial charge in [0.2, 0.25) is 11.8 Å². The number of hydrogen-bond acceptors (Lipinski definition) is 4. The van der Waals surface area contributed by atoms with E-state index in [2.05, 4.69) is 17.2 Å². The van der Waals surface area contributed by atoms with Gasteiger partial charge in [-0.05, 0) is 24.3 Å². The van der Waals surface area contributed by atoms with Gasteiger partial charge in [-0.15, -0.1) is 0 Å². The van der Waals surface area contributed by atoms with Gasteiger partial charge in [-0.25, -0.2) is 0 Å². The van der Waals surface area contributed by atoms with Gasteiger partial charge in [0.15, 0.2) is 0 Å². The Labute approximate surface area is 168 Å². The van der Waals surface area contributed by atoms with E-state index in [1.54, 1.807) is 29.2 Å². The summed E-state index contributed by atoms with van der Waals surface area (Å²) in [6.07, 6.45) is 0.182. The Bertz CT molecular complexity index is 963. The van der Waals surface area contributed by atoms with Gasteiger partial charge in [-0.2, -0.15) is 0 Å². The van der Waals surface area contributed by atoms with Crippen LogP contribution in [0.4, 0.5) is 5.69 Å². The largest absolute Gasteiger partial charge is 0.480 e. The summed E-state index contributed by atoms with van der Waals surface area (Å²) < 4.78 is 5.44. The third-order valence-electron chi connectivity index (χ3n) is 4.49. The molecule has 29 heavy (non-hydrogen) atoms. The van der Waals surface area contributed by atoms with Crippen molar-refractivity contribution in [1.82, 2.24) is 5.32 Å². The van der Waals surface area contributed by atoms with Crippen LogP contribution in [0.2, 0.25) is 0 Å². The first kappa shape index (κ1) is 20.0. The molecule has 1 saturated heterocycles. The summed E-state index contributed by atoms with van der Waals surface area (Å²) in [5.74, 6) is 4.69. The zero-order chi connectivity index (χ0) is 20.6. The maximum absolute atomic E-state index is 12.3. The number of rotatable bonds is 6. The molecule has 1 aliphatic rings. The molecular formula is C22H21N3O4. The van der Waals surface area contributed by atoms with E-state index >= 15 is 0 Å². The van der Waals surface area contributed by atoms with Crippen LogP contribution in [0.1, 0.15) is 16.8 Å². The lowest BCUT2D eigenvalue weighted by Crippen LogP contribution is -2.33. The molecule has 1 heterocycles. The Hall–Kier alpha value is -3.79. The topological polar surface area (TPSA) is 102 Å². The number of nitrogens with zero attached hydrogens (tertiary/aromatic N) is 1. The molecule has 0 saturated carbocycles. The van der Waals surface area contributed by atoms with E-state index in [1.807, 2.05) is 30.3 Å². The molecule has 2 aromatic carbocycles. The first-order valence-electron chi connectivity index (χ1n) is 9.16. The Morgan fingerprint density at radius 1 is 1.10 bits per heavy atom. The van der Waals surface area contributed by atoms with E-state index in [1.165, 1.54) is 0 Å². The van der Waals surface area contributed by atoms with Crippen LogP contribution in [-0.2, 0) is 9.59 Å². The van der Waals surface area contributed by atoms with Crippen molar-refractivity contribution >= 4 is 23.4 Å². The predicted molar refractivity (Wildman–Crippen MR) is 108 cm³/mol. The number of nitrogens with one attached hydrogen (secondary N) is 1. The van der Waals surface area contributed by atoms with Crippen molar-refractivity contribution in [2.75, 3.05) is 24.6 Å². The molecule has 3 N–H and O–H groups in total. The lowest BCUT2D eigenvalue weighted by molar-refractivity contribution is -0.126. The molecule has 1 aliphatic heterocycles. The van der Waals surface area contributed by atoms with Gasteiger partial charge in [0.05, 0.1) is 18.0 Å². The highest BCUT2D eigenvalue weighted by Crippen LogP contribution is 2.24. The van der Waals surface area contributed by atoms with Crippen LogP contribution in [0, 0.1) is 17.8 Å². The molecular weight excluding hydrogens is 370 g/mol. The summed E-state index contributed by atoms with van der Waals surface area (Å²) in [4.78, 5) is 37.4. The fourth-order valence-corrected chi connectivity index (χ4v) is 3.04. The summed E-state index contributed by atoms with van der Waals surface area (Å²) in [6.45, 7) is 0.564. The van der Waals surface area contributed by atoms with E-state index in [4.69, 9.17) is 10.5 Å². The molecule has 0 bridgehead atoms. The lowest BCUT2D eigenvalue weighted by atomic mass is 10.1. The van der Waals surface area contributed by atoms with Gasteiger partial charge >= 0.3 is 0 Å². The minimum absolute atomic E-state index is 0.0594. The molecule has 3 rings (SSSR count). The predicted octanol–water partition coefficient (Wildman–Crippen LogP) is 1.34. The number of nitrogens with two attached hydrogens (primary N) is 1. The molecule has 3 amide bonds. The van der Waals surface area contributed by atoms with Crippen LogP contribution in [0.15, 0.2) is 54.6 Å². The van der Waals surface area contributed by atoms with E-state index in [0.29, 0.717) is 12.3 Å². The Balaban J connectivity index is 1.44. The molecule has 7 nitrogen and oxygen atoms in total. The molecule has 0 aromatic heterocycles. The second-order valence-corrected chi connectivity index (χ2v) is 6.46. The van der Waals surface area contributed by atoms with Crippen molar-refractivity contribution in [2.24, 2.45) is 11.7 Å². The fraction of sp³-hybridized carbons (Fsp3) is 0.227. The van der Waals surface area contributed by atoms with Gasteiger partial charge in [0, 0.05) is 18.7 Å². The normalized spacial score (nSPS) is 15.4. The zero-order valence-corrected chi connectivity index (χ0v) is 15.8. The monoisotopic (exact) mass is 391 g/mol. The number of para-hydroxylation sites is 2. The lowest BCUT2D eigenvalue weighted by Gasteiger charge is -2.16. The number of benzene rings is 2. The summed E-state index contributed by atoms with van der Waals surface area (Å²) in [7, 11) is 0. The number of hydrogen-bond donors (Lipinski definition) is 2. The third-order valence-corrected chi connectivity index (χ3v) is 4.49. The number of primary amides is 1. The van der Waals surface area contributed by atoms with Crippen molar-refractivity contribution in [1.29, 1.82) is 0 Å². The zero-order valence-electron chi connectivity index (χ0n) is 15.8. The van der Waals surface area contributed by atoms with E-state index in [-0.39, 0.29) is 37.0 Å². The molecule has 2 aromatic rings. The van der Waals surface area contributed by atoms with Crippen LogP contribution in [0.3, 0.4) is 0 Å². The van der Waals surface area contributed by atoms with Gasteiger partial charge in [-0.3, -0.25) is 14.4 Å². The minimum atomic E-state index is -0.573. The fourth-order valence-electron chi connectivity index (χ4n) is 3.04. The van der Waals surface area contributed by atoms with Gasteiger partial charge in [0.1, 0.15) is 12.4 Å². The van der Waals surface area contributed by atoms with E-state index < -0.39 is 11.8 Å². The highest BCUT2D eigenvalue weighted by atomic mass is 16.5. The highest BCUT2D eigenvalue weighted by Gasteiger charge is 2.34. The number of ether oxygens (including phenoxy) is 1. The Morgan fingerprint density at radius 2 is 1.83 bits per heavy atom. The van der Waals surface area contributed by atoms with Crippen LogP contribution in [-0.4, -0.2) is 37.4 Å². The van der Waals surface area contributed by atoms with Crippen molar-refractivity contribution in [3.05, 3.63) is 60.2 Å². The van der Waals surface area contributed by atoms with Gasteiger partial charge in [-0.1, -0.05) is 42.2 Å².